The van der Waals surface area contributed by atoms with Gasteiger partial charge in [0, 0.05) is 44.3 Å². The third kappa shape index (κ3) is 9.40. The Morgan fingerprint density at radius 1 is 1.07 bits per heavy atom. The molecule has 3 aromatic rings. The highest BCUT2D eigenvalue weighted by Gasteiger charge is 2.41. The first kappa shape index (κ1) is 32.8. The maximum atomic E-state index is 12.2. The molecule has 0 aromatic heterocycles. The standard InChI is InChI=1S/C26H34ClNO3.C9H13N/c1-20-9-3-4-10-21(20)17-23-24(12-7-13-25(23)27)26(30,14-5-6-16-31-2)22-11-8-15-28(18-22)19-29;1-8-3-5-9(6-4-8)7-10-2/h3-4,7,9-10,12-13,19,22,30H,5-6,8,11,14-18H2,1-2H3;3-6,10H,7H2,1-2H3. The molecule has 2 unspecified atom stereocenters. The van der Waals surface area contributed by atoms with Crippen LogP contribution in [0.4, 0.5) is 0 Å². The number of piperidine rings is 1. The number of nitrogens with zero attached hydrogens (tertiary/aromatic N) is 1. The number of nitrogens with one attached hydrogen (secondary N) is 1. The normalized spacial score (nSPS) is 16.4. The maximum Gasteiger partial charge on any atom is 0.209 e. The number of aryl methyl sites for hydroxylation is 2. The molecule has 0 bridgehead atoms. The summed E-state index contributed by atoms with van der Waals surface area (Å²) in [7, 11) is 3.66. The van der Waals surface area contributed by atoms with Crippen molar-refractivity contribution in [2.75, 3.05) is 33.9 Å². The fourth-order valence-electron chi connectivity index (χ4n) is 5.74. The lowest BCUT2D eigenvalue weighted by Gasteiger charge is -2.43. The number of carbonyl (C=O) groups excluding carboxylic acids is 1. The Bertz CT molecular complexity index is 1220. The van der Waals surface area contributed by atoms with Gasteiger partial charge in [-0.3, -0.25) is 4.79 Å². The molecule has 4 rings (SSSR count). The molecule has 5 nitrogen and oxygen atoms in total. The van der Waals surface area contributed by atoms with E-state index in [0.29, 0.717) is 31.0 Å². The topological polar surface area (TPSA) is 61.8 Å². The minimum Gasteiger partial charge on any atom is -0.385 e. The zero-order valence-electron chi connectivity index (χ0n) is 25.2. The van der Waals surface area contributed by atoms with E-state index < -0.39 is 5.60 Å². The van der Waals surface area contributed by atoms with Crippen LogP contribution in [0.2, 0.25) is 5.02 Å². The summed E-state index contributed by atoms with van der Waals surface area (Å²) in [5.41, 5.74) is 5.92. The Hall–Kier alpha value is -2.70. The number of carbonyl (C=O) groups is 1. The summed E-state index contributed by atoms with van der Waals surface area (Å²) >= 11 is 6.72. The smallest absolute Gasteiger partial charge is 0.209 e. The first-order chi connectivity index (χ1) is 19.8. The van der Waals surface area contributed by atoms with E-state index in [1.807, 2.05) is 37.4 Å². The summed E-state index contributed by atoms with van der Waals surface area (Å²) in [5, 5.41) is 16.0. The van der Waals surface area contributed by atoms with Gasteiger partial charge in [-0.2, -0.15) is 0 Å². The van der Waals surface area contributed by atoms with Gasteiger partial charge < -0.3 is 20.1 Å². The average molecular weight is 579 g/mol. The average Bonchev–Trinajstić information content (AvgIpc) is 2.99. The molecule has 1 aliphatic rings. The van der Waals surface area contributed by atoms with Crippen molar-refractivity contribution in [2.24, 2.45) is 5.92 Å². The van der Waals surface area contributed by atoms with E-state index in [1.54, 1.807) is 12.0 Å². The summed E-state index contributed by atoms with van der Waals surface area (Å²) in [6.45, 7) is 7.16. The van der Waals surface area contributed by atoms with Crippen molar-refractivity contribution in [3.63, 3.8) is 0 Å². The van der Waals surface area contributed by atoms with Crippen molar-refractivity contribution in [3.8, 4) is 0 Å². The van der Waals surface area contributed by atoms with Crippen molar-refractivity contribution < 1.29 is 14.6 Å². The highest BCUT2D eigenvalue weighted by atomic mass is 35.5. The van der Waals surface area contributed by atoms with Crippen molar-refractivity contribution in [1.29, 1.82) is 0 Å². The molecule has 1 fully saturated rings. The molecule has 1 heterocycles. The first-order valence-corrected chi connectivity index (χ1v) is 15.1. The molecule has 0 aliphatic carbocycles. The molecule has 6 heteroatoms. The van der Waals surface area contributed by atoms with Crippen molar-refractivity contribution in [1.82, 2.24) is 10.2 Å². The molecule has 222 valence electrons. The number of rotatable bonds is 12. The van der Waals surface area contributed by atoms with Gasteiger partial charge in [0.05, 0.1) is 5.60 Å². The van der Waals surface area contributed by atoms with Gasteiger partial charge >= 0.3 is 0 Å². The lowest BCUT2D eigenvalue weighted by molar-refractivity contribution is -0.123. The van der Waals surface area contributed by atoms with E-state index in [4.69, 9.17) is 16.3 Å². The summed E-state index contributed by atoms with van der Waals surface area (Å²) in [5.74, 6) is -0.0249. The quantitative estimate of drug-likeness (QED) is 0.183. The van der Waals surface area contributed by atoms with E-state index >= 15 is 0 Å². The molecule has 0 radical (unpaired) electrons. The van der Waals surface area contributed by atoms with E-state index in [-0.39, 0.29) is 5.92 Å². The van der Waals surface area contributed by atoms with Crippen LogP contribution in [0.25, 0.3) is 0 Å². The minimum absolute atomic E-state index is 0.0249. The van der Waals surface area contributed by atoms with Crippen LogP contribution in [-0.2, 0) is 28.1 Å². The number of unbranched alkanes of at least 4 members (excludes halogenated alkanes) is 1. The first-order valence-electron chi connectivity index (χ1n) is 14.8. The molecule has 41 heavy (non-hydrogen) atoms. The van der Waals surface area contributed by atoms with Gasteiger partial charge in [-0.05, 0) is 93.3 Å². The molecule has 1 aliphatic heterocycles. The van der Waals surface area contributed by atoms with Crippen LogP contribution in [0.15, 0.2) is 66.7 Å². The molecule has 1 saturated heterocycles. The van der Waals surface area contributed by atoms with Crippen LogP contribution in [0.5, 0.6) is 0 Å². The number of hydrogen-bond donors (Lipinski definition) is 2. The molecule has 0 spiro atoms. The molecular weight excluding hydrogens is 532 g/mol. The van der Waals surface area contributed by atoms with E-state index in [2.05, 4.69) is 55.6 Å². The van der Waals surface area contributed by atoms with Crippen LogP contribution in [0.3, 0.4) is 0 Å². The zero-order valence-corrected chi connectivity index (χ0v) is 25.9. The van der Waals surface area contributed by atoms with Gasteiger partial charge in [0.2, 0.25) is 6.41 Å². The second kappa shape index (κ2) is 16.7. The Morgan fingerprint density at radius 3 is 2.51 bits per heavy atom. The number of ether oxygens (including phenoxy) is 1. The number of likely N-dealkylation sites (tertiary alicyclic amines) is 1. The summed E-state index contributed by atoms with van der Waals surface area (Å²) in [6.07, 6.45) is 5.72. The Morgan fingerprint density at radius 2 is 1.83 bits per heavy atom. The fourth-order valence-corrected chi connectivity index (χ4v) is 5.99. The Balaban J connectivity index is 0.000000389. The van der Waals surface area contributed by atoms with Crippen LogP contribution < -0.4 is 5.32 Å². The van der Waals surface area contributed by atoms with Crippen molar-refractivity contribution in [2.45, 2.75) is 64.5 Å². The molecule has 0 saturated carbocycles. The highest BCUT2D eigenvalue weighted by molar-refractivity contribution is 6.31. The number of methoxy groups -OCH3 is 1. The van der Waals surface area contributed by atoms with Gasteiger partial charge in [-0.1, -0.05) is 77.8 Å². The van der Waals surface area contributed by atoms with Crippen LogP contribution in [-0.4, -0.2) is 50.3 Å². The van der Waals surface area contributed by atoms with E-state index in [0.717, 1.165) is 56.3 Å². The number of halogens is 1. The number of hydrogen-bond acceptors (Lipinski definition) is 4. The van der Waals surface area contributed by atoms with E-state index in [9.17, 15) is 9.90 Å². The third-order valence-corrected chi connectivity index (χ3v) is 8.50. The predicted molar refractivity (Wildman–Crippen MR) is 169 cm³/mol. The lowest BCUT2D eigenvalue weighted by atomic mass is 9.72. The van der Waals surface area contributed by atoms with E-state index in [1.165, 1.54) is 22.3 Å². The molecule has 3 aromatic carbocycles. The number of amides is 1. The number of benzene rings is 3. The number of aliphatic hydroxyl groups is 1. The maximum absolute atomic E-state index is 12.2. The summed E-state index contributed by atoms with van der Waals surface area (Å²) in [4.78, 5) is 13.3. The minimum atomic E-state index is -1.04. The van der Waals surface area contributed by atoms with Gasteiger partial charge in [0.25, 0.3) is 0 Å². The fraction of sp³-hybridized carbons (Fsp3) is 0.457. The van der Waals surface area contributed by atoms with Crippen molar-refractivity contribution in [3.05, 3.63) is 105 Å². The molecule has 2 N–H and O–H groups in total. The Kier molecular flexibility index (Phi) is 13.3. The van der Waals surface area contributed by atoms with Crippen LogP contribution >= 0.6 is 11.6 Å². The monoisotopic (exact) mass is 578 g/mol. The van der Waals surface area contributed by atoms with Gasteiger partial charge in [0.1, 0.15) is 0 Å². The molecular formula is C35H47ClN2O3. The zero-order chi connectivity index (χ0) is 29.7. The SMILES string of the molecule is CNCc1ccc(C)cc1.COCCCCC(O)(c1cccc(Cl)c1Cc1ccccc1C)C1CCCN(C=O)C1. The molecule has 1 amide bonds. The largest absolute Gasteiger partial charge is 0.385 e. The summed E-state index contributed by atoms with van der Waals surface area (Å²) < 4.78 is 5.22. The highest BCUT2D eigenvalue weighted by Crippen LogP contribution is 2.43. The lowest BCUT2D eigenvalue weighted by Crippen LogP contribution is -2.46. The third-order valence-electron chi connectivity index (χ3n) is 8.15. The van der Waals surface area contributed by atoms with Crippen molar-refractivity contribution >= 4 is 18.0 Å². The van der Waals surface area contributed by atoms with Crippen LogP contribution in [0.1, 0.15) is 65.5 Å². The van der Waals surface area contributed by atoms with Gasteiger partial charge in [0.15, 0.2) is 0 Å². The van der Waals surface area contributed by atoms with Gasteiger partial charge in [-0.25, -0.2) is 0 Å². The Labute approximate surface area is 251 Å². The summed E-state index contributed by atoms with van der Waals surface area (Å²) in [6, 6.07) is 22.7. The van der Waals surface area contributed by atoms with Gasteiger partial charge in [-0.15, -0.1) is 0 Å². The molecule has 2 atom stereocenters. The second-order valence-electron chi connectivity index (χ2n) is 11.2. The second-order valence-corrected chi connectivity index (χ2v) is 11.6. The predicted octanol–water partition coefficient (Wildman–Crippen LogP) is 6.83. The van der Waals surface area contributed by atoms with Crippen LogP contribution in [0, 0.1) is 19.8 Å².